The zero-order valence-corrected chi connectivity index (χ0v) is 14.2. The van der Waals surface area contributed by atoms with Crippen LogP contribution in [0.15, 0.2) is 47.0 Å². The first-order valence-electron chi connectivity index (χ1n) is 8.11. The van der Waals surface area contributed by atoms with Gasteiger partial charge in [0.2, 0.25) is 0 Å². The first kappa shape index (κ1) is 15.5. The summed E-state index contributed by atoms with van der Waals surface area (Å²) in [5.74, 6) is 2.06. The average Bonchev–Trinajstić information content (AvgIpc) is 3.18. The molecular formula is C19H17FN4O. The Kier molecular flexibility index (Phi) is 3.60. The number of benzene rings is 1. The standard InChI is InChI=1S/C19H17FN4O/c1-11(2)19-23-22-16-9-6-14(10-24(16)19)18-17(21-12(3)25-18)13-4-7-15(20)8-5-13/h4-11H,1-3H3. The molecule has 0 saturated carbocycles. The Morgan fingerprint density at radius 2 is 1.72 bits per heavy atom. The highest BCUT2D eigenvalue weighted by molar-refractivity contribution is 5.77. The van der Waals surface area contributed by atoms with Gasteiger partial charge in [0.1, 0.15) is 17.3 Å². The minimum Gasteiger partial charge on any atom is -0.440 e. The van der Waals surface area contributed by atoms with Crippen molar-refractivity contribution in [1.82, 2.24) is 19.6 Å². The number of nitrogens with zero attached hydrogens (tertiary/aromatic N) is 4. The van der Waals surface area contributed by atoms with Crippen LogP contribution in [0, 0.1) is 12.7 Å². The van der Waals surface area contributed by atoms with Gasteiger partial charge in [0.05, 0.1) is 0 Å². The molecule has 0 aliphatic carbocycles. The van der Waals surface area contributed by atoms with Crippen LogP contribution in [-0.4, -0.2) is 19.6 Å². The van der Waals surface area contributed by atoms with E-state index in [1.54, 1.807) is 19.1 Å². The zero-order valence-electron chi connectivity index (χ0n) is 14.2. The average molecular weight is 336 g/mol. The molecule has 0 saturated heterocycles. The number of hydrogen-bond acceptors (Lipinski definition) is 4. The van der Waals surface area contributed by atoms with E-state index in [2.05, 4.69) is 29.0 Å². The van der Waals surface area contributed by atoms with Gasteiger partial charge in [0.15, 0.2) is 17.3 Å². The van der Waals surface area contributed by atoms with Crippen LogP contribution in [0.2, 0.25) is 0 Å². The molecule has 5 nitrogen and oxygen atoms in total. The quantitative estimate of drug-likeness (QED) is 0.548. The molecular weight excluding hydrogens is 319 g/mol. The molecule has 0 radical (unpaired) electrons. The van der Waals surface area contributed by atoms with E-state index in [4.69, 9.17) is 4.42 Å². The summed E-state index contributed by atoms with van der Waals surface area (Å²) in [5.41, 5.74) is 3.15. The van der Waals surface area contributed by atoms with Crippen LogP contribution in [0.4, 0.5) is 4.39 Å². The van der Waals surface area contributed by atoms with Gasteiger partial charge in [-0.25, -0.2) is 9.37 Å². The predicted octanol–water partition coefficient (Wildman–Crippen LogP) is 4.62. The van der Waals surface area contributed by atoms with Gasteiger partial charge in [0.25, 0.3) is 0 Å². The Bertz CT molecular complexity index is 1050. The monoisotopic (exact) mass is 336 g/mol. The fourth-order valence-corrected chi connectivity index (χ4v) is 2.86. The molecule has 3 heterocycles. The number of aryl methyl sites for hydroxylation is 1. The second-order valence-corrected chi connectivity index (χ2v) is 6.28. The second-order valence-electron chi connectivity index (χ2n) is 6.28. The molecule has 126 valence electrons. The summed E-state index contributed by atoms with van der Waals surface area (Å²) >= 11 is 0. The van der Waals surface area contributed by atoms with Crippen molar-refractivity contribution in [2.75, 3.05) is 0 Å². The van der Waals surface area contributed by atoms with Crippen molar-refractivity contribution in [2.45, 2.75) is 26.7 Å². The molecule has 0 bridgehead atoms. The highest BCUT2D eigenvalue weighted by Gasteiger charge is 2.17. The number of rotatable bonds is 3. The Morgan fingerprint density at radius 1 is 1.00 bits per heavy atom. The third-order valence-electron chi connectivity index (χ3n) is 4.06. The Morgan fingerprint density at radius 3 is 2.44 bits per heavy atom. The van der Waals surface area contributed by atoms with Gasteiger partial charge in [-0.1, -0.05) is 13.8 Å². The van der Waals surface area contributed by atoms with E-state index in [-0.39, 0.29) is 11.7 Å². The third-order valence-corrected chi connectivity index (χ3v) is 4.06. The minimum absolute atomic E-state index is 0.248. The fraction of sp³-hybridized carbons (Fsp3) is 0.211. The van der Waals surface area contributed by atoms with Crippen LogP contribution in [-0.2, 0) is 0 Å². The number of hydrogen-bond donors (Lipinski definition) is 0. The maximum absolute atomic E-state index is 13.2. The summed E-state index contributed by atoms with van der Waals surface area (Å²) in [7, 11) is 0. The first-order chi connectivity index (χ1) is 12.0. The van der Waals surface area contributed by atoms with Crippen LogP contribution in [0.1, 0.15) is 31.5 Å². The van der Waals surface area contributed by atoms with Gasteiger partial charge in [-0.05, 0) is 36.4 Å². The number of halogens is 1. The lowest BCUT2D eigenvalue weighted by atomic mass is 10.1. The lowest BCUT2D eigenvalue weighted by molar-refractivity contribution is 0.534. The Balaban J connectivity index is 1.89. The smallest absolute Gasteiger partial charge is 0.192 e. The van der Waals surface area contributed by atoms with Crippen molar-refractivity contribution in [2.24, 2.45) is 0 Å². The van der Waals surface area contributed by atoms with Gasteiger partial charge in [-0.3, -0.25) is 4.40 Å². The molecule has 6 heteroatoms. The van der Waals surface area contributed by atoms with Crippen molar-refractivity contribution in [3.8, 4) is 22.6 Å². The van der Waals surface area contributed by atoms with Gasteiger partial charge in [-0.15, -0.1) is 10.2 Å². The van der Waals surface area contributed by atoms with Crippen molar-refractivity contribution in [3.05, 3.63) is 60.1 Å². The molecule has 0 fully saturated rings. The lowest BCUT2D eigenvalue weighted by Crippen LogP contribution is -1.97. The van der Waals surface area contributed by atoms with Crippen LogP contribution in [0.25, 0.3) is 28.2 Å². The van der Waals surface area contributed by atoms with Gasteiger partial charge < -0.3 is 4.42 Å². The number of pyridine rings is 1. The normalized spacial score (nSPS) is 11.6. The molecule has 1 aromatic carbocycles. The maximum Gasteiger partial charge on any atom is 0.192 e. The number of aromatic nitrogens is 4. The maximum atomic E-state index is 13.2. The van der Waals surface area contributed by atoms with Gasteiger partial charge in [-0.2, -0.15) is 0 Å². The molecule has 0 unspecified atom stereocenters. The molecule has 0 aliphatic rings. The van der Waals surface area contributed by atoms with Crippen molar-refractivity contribution in [3.63, 3.8) is 0 Å². The van der Waals surface area contributed by atoms with Crippen molar-refractivity contribution >= 4 is 5.65 Å². The molecule has 0 spiro atoms. The van der Waals surface area contributed by atoms with E-state index in [1.807, 2.05) is 22.7 Å². The topological polar surface area (TPSA) is 56.2 Å². The summed E-state index contributed by atoms with van der Waals surface area (Å²) in [6, 6.07) is 10.1. The van der Waals surface area contributed by atoms with Crippen molar-refractivity contribution < 1.29 is 8.81 Å². The summed E-state index contributed by atoms with van der Waals surface area (Å²) in [6.45, 7) is 5.95. The summed E-state index contributed by atoms with van der Waals surface area (Å²) in [6.07, 6.45) is 1.96. The van der Waals surface area contributed by atoms with E-state index in [9.17, 15) is 4.39 Å². The molecule has 4 aromatic rings. The lowest BCUT2D eigenvalue weighted by Gasteiger charge is -2.06. The van der Waals surface area contributed by atoms with E-state index in [0.717, 1.165) is 22.6 Å². The highest BCUT2D eigenvalue weighted by Crippen LogP contribution is 2.33. The minimum atomic E-state index is -0.280. The van der Waals surface area contributed by atoms with E-state index < -0.39 is 0 Å². The van der Waals surface area contributed by atoms with Crippen LogP contribution in [0.3, 0.4) is 0 Å². The van der Waals surface area contributed by atoms with E-state index in [0.29, 0.717) is 17.3 Å². The highest BCUT2D eigenvalue weighted by atomic mass is 19.1. The van der Waals surface area contributed by atoms with Gasteiger partial charge in [0, 0.05) is 30.2 Å². The molecule has 4 rings (SSSR count). The third kappa shape index (κ3) is 2.69. The Labute approximate surface area is 144 Å². The number of fused-ring (bicyclic) bond motifs is 1. The summed E-state index contributed by atoms with van der Waals surface area (Å²) < 4.78 is 21.0. The first-order valence-corrected chi connectivity index (χ1v) is 8.11. The largest absolute Gasteiger partial charge is 0.440 e. The molecule has 25 heavy (non-hydrogen) atoms. The van der Waals surface area contributed by atoms with Crippen LogP contribution >= 0.6 is 0 Å². The van der Waals surface area contributed by atoms with Gasteiger partial charge >= 0.3 is 0 Å². The SMILES string of the molecule is Cc1nc(-c2ccc(F)cc2)c(-c2ccc3nnc(C(C)C)n3c2)o1. The van der Waals surface area contributed by atoms with E-state index >= 15 is 0 Å². The van der Waals surface area contributed by atoms with E-state index in [1.165, 1.54) is 12.1 Å². The predicted molar refractivity (Wildman–Crippen MR) is 92.7 cm³/mol. The molecule has 3 aromatic heterocycles. The van der Waals surface area contributed by atoms with Crippen LogP contribution in [0.5, 0.6) is 0 Å². The molecule has 0 amide bonds. The molecule has 0 aliphatic heterocycles. The molecule has 0 atom stereocenters. The second kappa shape index (κ2) is 5.81. The van der Waals surface area contributed by atoms with Crippen molar-refractivity contribution in [1.29, 1.82) is 0 Å². The van der Waals surface area contributed by atoms with Crippen LogP contribution < -0.4 is 0 Å². The zero-order chi connectivity index (χ0) is 17.6. The molecule has 0 N–H and O–H groups in total. The fourth-order valence-electron chi connectivity index (χ4n) is 2.86. The summed E-state index contributed by atoms with van der Waals surface area (Å²) in [4.78, 5) is 4.48. The summed E-state index contributed by atoms with van der Waals surface area (Å²) in [5, 5.41) is 8.45. The number of oxazole rings is 1. The Hall–Kier alpha value is -3.02.